The number of rotatable bonds is 6. The summed E-state index contributed by atoms with van der Waals surface area (Å²) in [7, 11) is 0. The molecule has 0 bridgehead atoms. The number of carbonyl (C=O) groups is 2. The number of nitrogens with one attached hydrogen (secondary N) is 2. The highest BCUT2D eigenvalue weighted by Crippen LogP contribution is 2.39. The van der Waals surface area contributed by atoms with Crippen LogP contribution in [0.4, 0.5) is 5.69 Å². The van der Waals surface area contributed by atoms with E-state index < -0.39 is 0 Å². The minimum Gasteiger partial charge on any atom is -0.346 e. The maximum Gasteiger partial charge on any atom is 0.243 e. The normalized spacial score (nSPS) is 12.8. The van der Waals surface area contributed by atoms with Crippen LogP contribution in [0.25, 0.3) is 10.2 Å². The van der Waals surface area contributed by atoms with E-state index >= 15 is 0 Å². The number of thiophene rings is 1. The van der Waals surface area contributed by atoms with Crippen LogP contribution in [0.15, 0.2) is 34.0 Å². The number of aromatic nitrogens is 2. The third-order valence-corrected chi connectivity index (χ3v) is 7.40. The van der Waals surface area contributed by atoms with Crippen LogP contribution in [-0.4, -0.2) is 34.1 Å². The minimum absolute atomic E-state index is 0.0675. The summed E-state index contributed by atoms with van der Waals surface area (Å²) in [5, 5.41) is 7.44. The zero-order valence-electron chi connectivity index (χ0n) is 15.8. The molecule has 0 aliphatic heterocycles. The van der Waals surface area contributed by atoms with Gasteiger partial charge in [0.25, 0.3) is 0 Å². The van der Waals surface area contributed by atoms with Crippen LogP contribution in [0.2, 0.25) is 0 Å². The summed E-state index contributed by atoms with van der Waals surface area (Å²) >= 11 is 6.52. The Morgan fingerprint density at radius 2 is 2.10 bits per heavy atom. The van der Waals surface area contributed by atoms with Gasteiger partial charge in [-0.3, -0.25) is 9.59 Å². The van der Waals surface area contributed by atoms with E-state index in [2.05, 4.69) is 36.5 Å². The molecule has 0 saturated carbocycles. The highest BCUT2D eigenvalue weighted by Gasteiger charge is 2.21. The first-order chi connectivity index (χ1) is 14.0. The molecule has 0 fully saturated rings. The van der Waals surface area contributed by atoms with E-state index in [-0.39, 0.29) is 24.1 Å². The third kappa shape index (κ3) is 4.62. The fourth-order valence-corrected chi connectivity index (χ4v) is 5.96. The van der Waals surface area contributed by atoms with Crippen LogP contribution >= 0.6 is 39.0 Å². The highest BCUT2D eigenvalue weighted by molar-refractivity contribution is 9.10. The molecule has 3 aromatic rings. The summed E-state index contributed by atoms with van der Waals surface area (Å²) in [6.45, 7) is 1.85. The number of fused-ring (bicyclic) bond motifs is 3. The summed E-state index contributed by atoms with van der Waals surface area (Å²) in [6.07, 6.45) is 4.89. The van der Waals surface area contributed by atoms with E-state index in [9.17, 15) is 9.59 Å². The van der Waals surface area contributed by atoms with Gasteiger partial charge in [0.1, 0.15) is 16.2 Å². The van der Waals surface area contributed by atoms with E-state index in [1.807, 2.05) is 25.1 Å². The van der Waals surface area contributed by atoms with Crippen molar-refractivity contribution in [2.24, 2.45) is 0 Å². The molecule has 9 heteroatoms. The first-order valence-corrected chi connectivity index (χ1v) is 11.8. The second kappa shape index (κ2) is 8.81. The average molecular weight is 491 g/mol. The number of nitrogens with zero attached hydrogens (tertiary/aromatic N) is 2. The number of hydrogen-bond acceptors (Lipinski definition) is 6. The zero-order valence-corrected chi connectivity index (χ0v) is 19.0. The number of anilines is 1. The Morgan fingerprint density at radius 1 is 1.24 bits per heavy atom. The lowest BCUT2D eigenvalue weighted by atomic mass is 10.2. The van der Waals surface area contributed by atoms with Crippen molar-refractivity contribution in [1.29, 1.82) is 0 Å². The molecule has 29 heavy (non-hydrogen) atoms. The van der Waals surface area contributed by atoms with Crippen LogP contribution in [0.3, 0.4) is 0 Å². The largest absolute Gasteiger partial charge is 0.346 e. The van der Waals surface area contributed by atoms with Crippen molar-refractivity contribution in [2.45, 2.75) is 31.2 Å². The molecule has 1 aliphatic rings. The highest BCUT2D eigenvalue weighted by atomic mass is 79.9. The lowest BCUT2D eigenvalue weighted by Gasteiger charge is -2.10. The van der Waals surface area contributed by atoms with Crippen LogP contribution in [0, 0.1) is 6.92 Å². The Hall–Kier alpha value is -1.97. The number of amides is 2. The van der Waals surface area contributed by atoms with Crippen molar-refractivity contribution in [3.8, 4) is 0 Å². The summed E-state index contributed by atoms with van der Waals surface area (Å²) < 4.78 is 0.952. The molecule has 0 spiro atoms. The predicted octanol–water partition coefficient (Wildman–Crippen LogP) is 4.10. The zero-order chi connectivity index (χ0) is 20.4. The predicted molar refractivity (Wildman–Crippen MR) is 121 cm³/mol. The lowest BCUT2D eigenvalue weighted by molar-refractivity contribution is -0.122. The van der Waals surface area contributed by atoms with Gasteiger partial charge in [0.05, 0.1) is 12.3 Å². The van der Waals surface area contributed by atoms with Crippen molar-refractivity contribution in [2.75, 3.05) is 17.6 Å². The number of aryl methyl sites for hydroxylation is 3. The molecule has 1 aliphatic carbocycles. The SMILES string of the molecule is Cc1cc(Br)ccc1NC(=O)CNC(=O)CSc1ncnc2sc3c(c12)CCC3. The fraction of sp³-hybridized carbons (Fsp3) is 0.300. The fourth-order valence-electron chi connectivity index (χ4n) is 3.33. The van der Waals surface area contributed by atoms with E-state index in [0.29, 0.717) is 0 Å². The van der Waals surface area contributed by atoms with Crippen molar-refractivity contribution < 1.29 is 9.59 Å². The molecule has 0 unspecified atom stereocenters. The van der Waals surface area contributed by atoms with Crippen molar-refractivity contribution in [3.63, 3.8) is 0 Å². The third-order valence-electron chi connectivity index (χ3n) is 4.72. The summed E-state index contributed by atoms with van der Waals surface area (Å²) in [5.41, 5.74) is 3.03. The number of benzene rings is 1. The molecular weight excluding hydrogens is 472 g/mol. The molecule has 2 aromatic heterocycles. The van der Waals surface area contributed by atoms with Gasteiger partial charge < -0.3 is 10.6 Å². The van der Waals surface area contributed by atoms with Gasteiger partial charge in [0.2, 0.25) is 11.8 Å². The molecule has 2 amide bonds. The first-order valence-electron chi connectivity index (χ1n) is 9.22. The van der Waals surface area contributed by atoms with Crippen molar-refractivity contribution in [1.82, 2.24) is 15.3 Å². The van der Waals surface area contributed by atoms with Gasteiger partial charge in [-0.15, -0.1) is 11.3 Å². The Balaban J connectivity index is 1.32. The molecule has 0 atom stereocenters. The number of hydrogen-bond donors (Lipinski definition) is 2. The molecule has 1 aromatic carbocycles. The van der Waals surface area contributed by atoms with E-state index in [1.54, 1.807) is 17.7 Å². The monoisotopic (exact) mass is 490 g/mol. The molecule has 0 saturated heterocycles. The van der Waals surface area contributed by atoms with Crippen LogP contribution in [0.5, 0.6) is 0 Å². The average Bonchev–Trinajstić information content (AvgIpc) is 3.28. The Morgan fingerprint density at radius 3 is 2.93 bits per heavy atom. The number of halogens is 1. The van der Waals surface area contributed by atoms with Gasteiger partial charge in [0, 0.05) is 20.4 Å². The van der Waals surface area contributed by atoms with Crippen molar-refractivity contribution in [3.05, 3.63) is 45.0 Å². The maximum atomic E-state index is 12.2. The maximum absolute atomic E-state index is 12.2. The Kier molecular flexibility index (Phi) is 6.17. The number of carbonyl (C=O) groups excluding carboxylic acids is 2. The molecule has 2 heterocycles. The topological polar surface area (TPSA) is 84.0 Å². The van der Waals surface area contributed by atoms with Gasteiger partial charge in [-0.2, -0.15) is 0 Å². The second-order valence-electron chi connectivity index (χ2n) is 6.79. The molecular formula is C20H19BrN4O2S2. The molecule has 150 valence electrons. The van der Waals surface area contributed by atoms with E-state index in [0.717, 1.165) is 43.8 Å². The summed E-state index contributed by atoms with van der Waals surface area (Å²) in [5.74, 6) is -0.244. The lowest BCUT2D eigenvalue weighted by Crippen LogP contribution is -2.34. The van der Waals surface area contributed by atoms with Gasteiger partial charge in [-0.1, -0.05) is 27.7 Å². The van der Waals surface area contributed by atoms with Crippen LogP contribution in [0.1, 0.15) is 22.4 Å². The smallest absolute Gasteiger partial charge is 0.243 e. The van der Waals surface area contributed by atoms with Gasteiger partial charge in [-0.25, -0.2) is 9.97 Å². The Labute approximate surface area is 185 Å². The second-order valence-corrected chi connectivity index (χ2v) is 9.75. The van der Waals surface area contributed by atoms with Gasteiger partial charge in [0.15, 0.2) is 0 Å². The van der Waals surface area contributed by atoms with E-state index in [4.69, 9.17) is 0 Å². The van der Waals surface area contributed by atoms with Crippen LogP contribution in [-0.2, 0) is 22.4 Å². The summed E-state index contributed by atoms with van der Waals surface area (Å²) in [6, 6.07) is 5.62. The Bertz CT molecular complexity index is 1100. The molecule has 6 nitrogen and oxygen atoms in total. The number of thioether (sulfide) groups is 1. The first kappa shape index (κ1) is 20.3. The minimum atomic E-state index is -0.256. The quantitative estimate of drug-likeness (QED) is 0.401. The molecule has 4 rings (SSSR count). The van der Waals surface area contributed by atoms with Gasteiger partial charge in [-0.05, 0) is 55.5 Å². The van der Waals surface area contributed by atoms with Gasteiger partial charge >= 0.3 is 0 Å². The summed E-state index contributed by atoms with van der Waals surface area (Å²) in [4.78, 5) is 35.5. The van der Waals surface area contributed by atoms with Crippen LogP contribution < -0.4 is 10.6 Å². The molecule has 0 radical (unpaired) electrons. The van der Waals surface area contributed by atoms with E-state index in [1.165, 1.54) is 28.6 Å². The van der Waals surface area contributed by atoms with Crippen molar-refractivity contribution >= 4 is 66.7 Å². The molecule has 2 N–H and O–H groups in total. The standard InChI is InChI=1S/C20H19BrN4O2S2/c1-11-7-12(21)5-6-14(11)25-16(26)8-22-17(27)9-28-19-18-13-3-2-4-15(13)29-20(18)24-10-23-19/h5-7,10H,2-4,8-9H2,1H3,(H,22,27)(H,25,26).